The molecule has 3 aliphatic heterocycles. The van der Waals surface area contributed by atoms with Crippen LogP contribution in [0.1, 0.15) is 75.4 Å². The lowest BCUT2D eigenvalue weighted by molar-refractivity contribution is 0.602. The van der Waals surface area contributed by atoms with Crippen LogP contribution < -0.4 is 0 Å². The normalized spacial score (nSPS) is 21.3. The van der Waals surface area contributed by atoms with E-state index in [1.807, 2.05) is 0 Å². The number of H-pyrrole nitrogens is 2. The number of fused-ring (bicyclic) bond motifs is 6. The van der Waals surface area contributed by atoms with Crippen LogP contribution in [-0.4, -0.2) is 21.4 Å². The summed E-state index contributed by atoms with van der Waals surface area (Å²) >= 11 is 0. The van der Waals surface area contributed by atoms with E-state index in [2.05, 4.69) is 87.9 Å². The van der Waals surface area contributed by atoms with Crippen LogP contribution in [0, 0.1) is 0 Å². The van der Waals surface area contributed by atoms with E-state index in [9.17, 15) is 0 Å². The van der Waals surface area contributed by atoms with E-state index in [1.54, 1.807) is 0 Å². The maximum absolute atomic E-state index is 5.18. The minimum atomic E-state index is -0.173. The number of nitrogens with zero attached hydrogens (tertiary/aromatic N) is 2. The summed E-state index contributed by atoms with van der Waals surface area (Å²) in [5.41, 5.74) is 10.8. The molecule has 29 heavy (non-hydrogen) atoms. The summed E-state index contributed by atoms with van der Waals surface area (Å²) in [6.07, 6.45) is 0. The predicted molar refractivity (Wildman–Crippen MR) is 119 cm³/mol. The van der Waals surface area contributed by atoms with Gasteiger partial charge in [-0.3, -0.25) is 0 Å². The third-order valence-corrected chi connectivity index (χ3v) is 7.36. The Hall–Kier alpha value is -2.88. The molecule has 5 heterocycles. The third-order valence-electron chi connectivity index (χ3n) is 7.36. The predicted octanol–water partition coefficient (Wildman–Crippen LogP) is 5.81. The van der Waals surface area contributed by atoms with Gasteiger partial charge in [-0.15, -0.1) is 0 Å². The van der Waals surface area contributed by atoms with E-state index < -0.39 is 0 Å². The van der Waals surface area contributed by atoms with Crippen molar-refractivity contribution in [3.05, 3.63) is 70.3 Å². The van der Waals surface area contributed by atoms with Crippen molar-refractivity contribution >= 4 is 22.8 Å². The molecule has 2 N–H and O–H groups in total. The molecule has 0 spiro atoms. The van der Waals surface area contributed by atoms with E-state index in [0.29, 0.717) is 0 Å². The van der Waals surface area contributed by atoms with Gasteiger partial charge in [-0.1, -0.05) is 12.1 Å². The van der Waals surface area contributed by atoms with Gasteiger partial charge in [0.15, 0.2) is 0 Å². The van der Waals surface area contributed by atoms with Gasteiger partial charge >= 0.3 is 0 Å². The summed E-state index contributed by atoms with van der Waals surface area (Å²) < 4.78 is 0. The number of rotatable bonds is 0. The zero-order chi connectivity index (χ0) is 20.3. The Morgan fingerprint density at radius 2 is 0.966 bits per heavy atom. The first-order valence-electron chi connectivity index (χ1n) is 10.4. The van der Waals surface area contributed by atoms with Gasteiger partial charge in [0.2, 0.25) is 0 Å². The average molecular weight is 383 g/mol. The number of hydrogen-bond acceptors (Lipinski definition) is 2. The molecule has 0 fully saturated rings. The van der Waals surface area contributed by atoms with Gasteiger partial charge in [-0.25, -0.2) is 9.98 Å². The van der Waals surface area contributed by atoms with Crippen LogP contribution >= 0.6 is 0 Å². The third kappa shape index (κ3) is 1.90. The van der Waals surface area contributed by atoms with Crippen LogP contribution in [0.3, 0.4) is 0 Å². The fourth-order valence-electron chi connectivity index (χ4n) is 5.31. The van der Waals surface area contributed by atoms with E-state index in [-0.39, 0.29) is 16.2 Å². The van der Waals surface area contributed by atoms with Gasteiger partial charge in [0.05, 0.1) is 34.2 Å². The molecule has 0 radical (unpaired) electrons. The Labute approximate surface area is 171 Å². The largest absolute Gasteiger partial charge is 0.357 e. The highest BCUT2D eigenvalue weighted by Crippen LogP contribution is 2.54. The van der Waals surface area contributed by atoms with Gasteiger partial charge in [-0.2, -0.15) is 0 Å². The Kier molecular flexibility index (Phi) is 2.82. The van der Waals surface area contributed by atoms with E-state index >= 15 is 0 Å². The highest BCUT2D eigenvalue weighted by Gasteiger charge is 2.44. The summed E-state index contributed by atoms with van der Waals surface area (Å²) in [5.74, 6) is 0. The van der Waals surface area contributed by atoms with Gasteiger partial charge in [0.25, 0.3) is 0 Å². The molecule has 8 bridgehead atoms. The van der Waals surface area contributed by atoms with Crippen molar-refractivity contribution in [1.82, 2.24) is 9.97 Å². The Bertz CT molecular complexity index is 1180. The van der Waals surface area contributed by atoms with Gasteiger partial charge in [0.1, 0.15) is 0 Å². The molecule has 0 aliphatic carbocycles. The molecule has 3 aromatic rings. The molecule has 0 saturated heterocycles. The van der Waals surface area contributed by atoms with Crippen LogP contribution in [-0.2, 0) is 16.2 Å². The number of aliphatic imine (C=N–C) groups is 2. The van der Waals surface area contributed by atoms with Crippen molar-refractivity contribution in [3.63, 3.8) is 0 Å². The first-order valence-corrected chi connectivity index (χ1v) is 10.4. The maximum atomic E-state index is 5.18. The van der Waals surface area contributed by atoms with Gasteiger partial charge in [0, 0.05) is 27.6 Å². The van der Waals surface area contributed by atoms with E-state index in [1.165, 1.54) is 22.5 Å². The maximum Gasteiger partial charge on any atom is 0.0935 e. The van der Waals surface area contributed by atoms with Crippen LogP contribution in [0.2, 0.25) is 0 Å². The topological polar surface area (TPSA) is 56.3 Å². The number of hydrogen-bond donors (Lipinski definition) is 2. The number of aromatic nitrogens is 2. The quantitative estimate of drug-likeness (QED) is 0.493. The molecule has 1 aromatic carbocycles. The molecule has 146 valence electrons. The molecule has 0 saturated carbocycles. The lowest BCUT2D eigenvalue weighted by atomic mass is 9.77. The molecular weight excluding hydrogens is 356 g/mol. The zero-order valence-electron chi connectivity index (χ0n) is 17.9. The first kappa shape index (κ1) is 17.0. The number of nitrogens with one attached hydrogen (secondary N) is 2. The molecule has 4 nitrogen and oxygen atoms in total. The second kappa shape index (κ2) is 4.81. The second-order valence-corrected chi connectivity index (χ2v) is 10.2. The van der Waals surface area contributed by atoms with Crippen LogP contribution in [0.25, 0.3) is 0 Å². The molecule has 0 atom stereocenters. The zero-order valence-corrected chi connectivity index (χ0v) is 17.9. The molecular formula is C25H26N4. The fraction of sp³-hybridized carbons (Fsp3) is 0.360. The smallest absolute Gasteiger partial charge is 0.0935 e. The van der Waals surface area contributed by atoms with Crippen molar-refractivity contribution in [2.75, 3.05) is 0 Å². The van der Waals surface area contributed by atoms with E-state index in [0.717, 1.165) is 34.2 Å². The highest BCUT2D eigenvalue weighted by molar-refractivity contribution is 6.16. The van der Waals surface area contributed by atoms with Crippen molar-refractivity contribution in [1.29, 1.82) is 0 Å². The van der Waals surface area contributed by atoms with Crippen LogP contribution in [0.4, 0.5) is 11.4 Å². The molecule has 0 amide bonds. The average Bonchev–Trinajstić information content (AvgIpc) is 3.39. The van der Waals surface area contributed by atoms with E-state index in [4.69, 9.17) is 9.98 Å². The molecule has 3 aliphatic rings. The summed E-state index contributed by atoms with van der Waals surface area (Å²) in [5, 5.41) is 0. The number of benzene rings is 1. The van der Waals surface area contributed by atoms with Crippen LogP contribution in [0.5, 0.6) is 0 Å². The minimum absolute atomic E-state index is 0.168. The van der Waals surface area contributed by atoms with Crippen molar-refractivity contribution in [2.45, 2.75) is 57.8 Å². The van der Waals surface area contributed by atoms with Crippen molar-refractivity contribution in [3.8, 4) is 0 Å². The van der Waals surface area contributed by atoms with Gasteiger partial charge < -0.3 is 9.97 Å². The standard InChI is InChI=1S/C25H26N4/c1-23(2)13-7-8-14-20-19(13)28-21(23)15-9-11-17(26-15)25(5,6)18-12-10-16(27-18)22(29-20)24(14,3)4/h7-12,26-27H,1-6H3. The second-order valence-electron chi connectivity index (χ2n) is 10.2. The summed E-state index contributed by atoms with van der Waals surface area (Å²) in [6.45, 7) is 13.6. The van der Waals surface area contributed by atoms with Crippen LogP contribution in [0.15, 0.2) is 46.4 Å². The summed E-state index contributed by atoms with van der Waals surface area (Å²) in [6, 6.07) is 13.3. The molecule has 6 rings (SSSR count). The van der Waals surface area contributed by atoms with Gasteiger partial charge in [-0.05, 0) is 76.9 Å². The lowest BCUT2D eigenvalue weighted by Gasteiger charge is -2.24. The minimum Gasteiger partial charge on any atom is -0.357 e. The summed E-state index contributed by atoms with van der Waals surface area (Å²) in [4.78, 5) is 17.7. The highest BCUT2D eigenvalue weighted by atomic mass is 15.0. The SMILES string of the molecule is CC1(C)C2=Nc3c1ccc1c3N=C(c3ccc([nH]3)C(C)(C)c3ccc2[nH]3)C1(C)C. The monoisotopic (exact) mass is 382 g/mol. The number of aromatic amines is 2. The Balaban J connectivity index is 1.75. The molecule has 2 aromatic heterocycles. The Morgan fingerprint density at radius 1 is 0.552 bits per heavy atom. The lowest BCUT2D eigenvalue weighted by Crippen LogP contribution is -2.27. The fourth-order valence-corrected chi connectivity index (χ4v) is 5.31. The molecule has 0 unspecified atom stereocenters. The molecule has 4 heteroatoms. The van der Waals surface area contributed by atoms with Crippen molar-refractivity contribution < 1.29 is 0 Å². The first-order chi connectivity index (χ1) is 13.6. The summed E-state index contributed by atoms with van der Waals surface area (Å²) in [7, 11) is 0. The van der Waals surface area contributed by atoms with Crippen molar-refractivity contribution in [2.24, 2.45) is 9.98 Å². The Morgan fingerprint density at radius 3 is 1.38 bits per heavy atom.